The normalized spacial score (nSPS) is 20.9. The molecule has 2 amide bonds. The van der Waals surface area contributed by atoms with Crippen molar-refractivity contribution in [1.82, 2.24) is 4.90 Å². The first kappa shape index (κ1) is 17.0. The molecule has 1 N–H and O–H groups in total. The third-order valence-corrected chi connectivity index (χ3v) is 5.22. The number of aliphatic hydroxyl groups is 1. The molecule has 0 bridgehead atoms. The van der Waals surface area contributed by atoms with Gasteiger partial charge in [-0.3, -0.25) is 14.5 Å². The number of aliphatic hydroxyl groups excluding tert-OH is 1. The van der Waals surface area contributed by atoms with Crippen LogP contribution < -0.4 is 4.74 Å². The summed E-state index contributed by atoms with van der Waals surface area (Å²) in [6.45, 7) is 4.00. The number of amides is 2. The van der Waals surface area contributed by atoms with Gasteiger partial charge in [-0.25, -0.2) is 0 Å². The van der Waals surface area contributed by atoms with Gasteiger partial charge in [-0.15, -0.1) is 0 Å². The van der Waals surface area contributed by atoms with Crippen molar-refractivity contribution < 1.29 is 19.4 Å². The van der Waals surface area contributed by atoms with Crippen LogP contribution in [0.25, 0.3) is 0 Å². The Labute approximate surface area is 142 Å². The molecule has 2 aliphatic rings. The maximum atomic E-state index is 12.6. The fraction of sp³-hybridized carbons (Fsp3) is 0.579. The average Bonchev–Trinajstić information content (AvgIpc) is 3.10. The maximum absolute atomic E-state index is 12.6. The van der Waals surface area contributed by atoms with Crippen LogP contribution in [-0.2, 0) is 9.59 Å². The summed E-state index contributed by atoms with van der Waals surface area (Å²) in [4.78, 5) is 26.0. The Morgan fingerprint density at radius 3 is 2.67 bits per heavy atom. The first-order valence-electron chi connectivity index (χ1n) is 8.64. The Morgan fingerprint density at radius 2 is 1.96 bits per heavy atom. The Morgan fingerprint density at radius 1 is 1.25 bits per heavy atom. The van der Waals surface area contributed by atoms with Gasteiger partial charge in [-0.2, -0.15) is 0 Å². The molecule has 130 valence electrons. The molecule has 5 heteroatoms. The molecular formula is C19H25NO4. The molecule has 24 heavy (non-hydrogen) atoms. The van der Waals surface area contributed by atoms with Crippen molar-refractivity contribution in [2.24, 2.45) is 5.41 Å². The number of carbonyl (C=O) groups is 2. The minimum absolute atomic E-state index is 0.0181. The second kappa shape index (κ2) is 6.55. The highest BCUT2D eigenvalue weighted by Crippen LogP contribution is 2.46. The standard InChI is InChI=1S/C19H25NO4/c1-13-5-6-14(2)16(9-13)24-12-15(21)11-20-17(22)10-19(18(20)23)7-3-4-8-19/h5-6,9,15,21H,3-4,7-8,10-12H2,1-2H3/t15-/m1/s1. The van der Waals surface area contributed by atoms with Gasteiger partial charge in [0.25, 0.3) is 0 Å². The monoisotopic (exact) mass is 331 g/mol. The minimum atomic E-state index is -0.880. The molecule has 1 saturated heterocycles. The first-order chi connectivity index (χ1) is 11.4. The molecule has 1 heterocycles. The Balaban J connectivity index is 1.59. The fourth-order valence-electron chi connectivity index (χ4n) is 3.80. The van der Waals surface area contributed by atoms with Crippen LogP contribution in [0.2, 0.25) is 0 Å². The summed E-state index contributed by atoms with van der Waals surface area (Å²) < 4.78 is 5.68. The van der Waals surface area contributed by atoms with Gasteiger partial charge in [0.1, 0.15) is 18.5 Å². The Hall–Kier alpha value is -1.88. The van der Waals surface area contributed by atoms with Crippen LogP contribution in [0, 0.1) is 19.3 Å². The highest BCUT2D eigenvalue weighted by atomic mass is 16.5. The largest absolute Gasteiger partial charge is 0.491 e. The van der Waals surface area contributed by atoms with Gasteiger partial charge in [0, 0.05) is 6.42 Å². The minimum Gasteiger partial charge on any atom is -0.491 e. The second-order valence-corrected chi connectivity index (χ2v) is 7.21. The third-order valence-electron chi connectivity index (χ3n) is 5.22. The lowest BCUT2D eigenvalue weighted by atomic mass is 9.84. The molecule has 1 aromatic rings. The van der Waals surface area contributed by atoms with E-state index in [1.54, 1.807) is 0 Å². The topological polar surface area (TPSA) is 66.8 Å². The van der Waals surface area contributed by atoms with Crippen molar-refractivity contribution in [3.8, 4) is 5.75 Å². The van der Waals surface area contributed by atoms with Crippen LogP contribution in [0.3, 0.4) is 0 Å². The maximum Gasteiger partial charge on any atom is 0.235 e. The molecule has 1 atom stereocenters. The second-order valence-electron chi connectivity index (χ2n) is 7.21. The quantitative estimate of drug-likeness (QED) is 0.841. The van der Waals surface area contributed by atoms with Crippen LogP contribution in [-0.4, -0.2) is 41.1 Å². The summed E-state index contributed by atoms with van der Waals surface area (Å²) in [5, 5.41) is 10.2. The van der Waals surface area contributed by atoms with Gasteiger partial charge in [-0.1, -0.05) is 25.0 Å². The molecule has 3 rings (SSSR count). The highest BCUT2D eigenvalue weighted by Gasteiger charge is 2.52. The third kappa shape index (κ3) is 3.18. The summed E-state index contributed by atoms with van der Waals surface area (Å²) in [6.07, 6.45) is 3.02. The van der Waals surface area contributed by atoms with Crippen molar-refractivity contribution in [3.63, 3.8) is 0 Å². The van der Waals surface area contributed by atoms with Crippen LogP contribution in [0.5, 0.6) is 5.75 Å². The molecule has 1 aromatic carbocycles. The number of carbonyl (C=O) groups excluding carboxylic acids is 2. The van der Waals surface area contributed by atoms with Crippen LogP contribution in [0.4, 0.5) is 0 Å². The van der Waals surface area contributed by atoms with E-state index in [0.29, 0.717) is 6.42 Å². The van der Waals surface area contributed by atoms with E-state index in [9.17, 15) is 14.7 Å². The van der Waals surface area contributed by atoms with Crippen LogP contribution in [0.1, 0.15) is 43.2 Å². The van der Waals surface area contributed by atoms with Crippen molar-refractivity contribution >= 4 is 11.8 Å². The van der Waals surface area contributed by atoms with E-state index in [2.05, 4.69) is 0 Å². The highest BCUT2D eigenvalue weighted by molar-refractivity contribution is 6.06. The summed E-state index contributed by atoms with van der Waals surface area (Å²) >= 11 is 0. The number of β-amino-alcohol motifs (C(OH)–C–C–N with tert-alkyl or cyclic N) is 1. The van der Waals surface area contributed by atoms with Crippen LogP contribution >= 0.6 is 0 Å². The molecule has 0 aromatic heterocycles. The SMILES string of the molecule is Cc1ccc(C)c(OC[C@H](O)CN2C(=O)CC3(CCCC3)C2=O)c1. The molecular weight excluding hydrogens is 306 g/mol. The number of hydrogen-bond donors (Lipinski definition) is 1. The van der Waals surface area contributed by atoms with Crippen molar-refractivity contribution in [1.29, 1.82) is 0 Å². The number of likely N-dealkylation sites (tertiary alicyclic amines) is 1. The van der Waals surface area contributed by atoms with Crippen molar-refractivity contribution in [2.75, 3.05) is 13.2 Å². The van der Waals surface area contributed by atoms with E-state index >= 15 is 0 Å². The predicted molar refractivity (Wildman–Crippen MR) is 89.7 cm³/mol. The molecule has 1 aliphatic carbocycles. The lowest BCUT2D eigenvalue weighted by Crippen LogP contribution is -2.41. The lowest BCUT2D eigenvalue weighted by Gasteiger charge is -2.23. The van der Waals surface area contributed by atoms with E-state index in [1.165, 1.54) is 4.90 Å². The summed E-state index contributed by atoms with van der Waals surface area (Å²) in [5.41, 5.74) is 1.59. The number of benzene rings is 1. The van der Waals surface area contributed by atoms with Gasteiger partial charge >= 0.3 is 0 Å². The number of aryl methyl sites for hydroxylation is 2. The Bertz CT molecular complexity index is 649. The zero-order chi connectivity index (χ0) is 17.3. The van der Waals surface area contributed by atoms with Gasteiger partial charge in [0.2, 0.25) is 11.8 Å². The van der Waals surface area contributed by atoms with E-state index in [1.807, 2.05) is 32.0 Å². The Kier molecular flexibility index (Phi) is 4.63. The number of rotatable bonds is 5. The van der Waals surface area contributed by atoms with E-state index in [4.69, 9.17) is 4.74 Å². The van der Waals surface area contributed by atoms with E-state index < -0.39 is 11.5 Å². The number of imide groups is 1. The molecule has 1 spiro atoms. The molecule has 1 saturated carbocycles. The van der Waals surface area contributed by atoms with E-state index in [0.717, 1.165) is 42.6 Å². The van der Waals surface area contributed by atoms with E-state index in [-0.39, 0.29) is 25.0 Å². The van der Waals surface area contributed by atoms with Crippen molar-refractivity contribution in [2.45, 2.75) is 52.1 Å². The zero-order valence-electron chi connectivity index (χ0n) is 14.4. The summed E-state index contributed by atoms with van der Waals surface area (Å²) in [7, 11) is 0. The fourth-order valence-corrected chi connectivity index (χ4v) is 3.80. The van der Waals surface area contributed by atoms with Gasteiger partial charge in [0.05, 0.1) is 12.0 Å². The van der Waals surface area contributed by atoms with Crippen molar-refractivity contribution in [3.05, 3.63) is 29.3 Å². The lowest BCUT2D eigenvalue weighted by molar-refractivity contribution is -0.143. The summed E-state index contributed by atoms with van der Waals surface area (Å²) in [6, 6.07) is 5.89. The molecule has 0 radical (unpaired) electrons. The average molecular weight is 331 g/mol. The molecule has 5 nitrogen and oxygen atoms in total. The van der Waals surface area contributed by atoms with Crippen LogP contribution in [0.15, 0.2) is 18.2 Å². The molecule has 2 fully saturated rings. The first-order valence-corrected chi connectivity index (χ1v) is 8.64. The molecule has 1 aliphatic heterocycles. The number of ether oxygens (including phenoxy) is 1. The van der Waals surface area contributed by atoms with Gasteiger partial charge in [-0.05, 0) is 43.9 Å². The number of hydrogen-bond acceptors (Lipinski definition) is 4. The zero-order valence-corrected chi connectivity index (χ0v) is 14.4. The van der Waals surface area contributed by atoms with Gasteiger partial charge < -0.3 is 9.84 Å². The summed E-state index contributed by atoms with van der Waals surface area (Å²) in [5.74, 6) is 0.462. The predicted octanol–water partition coefficient (Wildman–Crippen LogP) is 2.36. The smallest absolute Gasteiger partial charge is 0.235 e. The molecule has 0 unspecified atom stereocenters. The number of nitrogens with zero attached hydrogens (tertiary/aromatic N) is 1. The van der Waals surface area contributed by atoms with Gasteiger partial charge in [0.15, 0.2) is 0 Å².